The first-order chi connectivity index (χ1) is 12.4. The number of methoxy groups -OCH3 is 1. The number of aryl methyl sites for hydroxylation is 2. The van der Waals surface area contributed by atoms with E-state index in [2.05, 4.69) is 22.4 Å². The lowest BCUT2D eigenvalue weighted by Crippen LogP contribution is -2.44. The van der Waals surface area contributed by atoms with E-state index in [1.165, 1.54) is 19.3 Å². The Morgan fingerprint density at radius 2 is 2.12 bits per heavy atom. The maximum Gasteiger partial charge on any atom is 0.317 e. The molecule has 148 valence electrons. The third-order valence-electron chi connectivity index (χ3n) is 5.54. The van der Waals surface area contributed by atoms with Gasteiger partial charge in [-0.05, 0) is 46.7 Å². The molecule has 1 aromatic rings. The molecule has 0 radical (unpaired) electrons. The van der Waals surface area contributed by atoms with E-state index >= 15 is 0 Å². The summed E-state index contributed by atoms with van der Waals surface area (Å²) < 4.78 is 7.06. The van der Waals surface area contributed by atoms with Crippen LogP contribution in [0.15, 0.2) is 0 Å². The van der Waals surface area contributed by atoms with Crippen LogP contribution >= 0.6 is 0 Å². The van der Waals surface area contributed by atoms with Gasteiger partial charge in [0.05, 0.1) is 18.8 Å². The number of nitrogens with zero attached hydrogens (tertiary/aromatic N) is 4. The standard InChI is InChI=1S/C19H35N5O2/c1-15-18(16(2)23(4)21-15)14-24(12-13-26-5)19(25)20-10-9-17-8-6-7-11-22(17)3/h17H,6-14H2,1-5H3,(H,20,25)/t17-/m1/s1. The average Bonchev–Trinajstić information content (AvgIpc) is 2.85. The van der Waals surface area contributed by atoms with Gasteiger partial charge in [-0.25, -0.2) is 4.79 Å². The zero-order valence-corrected chi connectivity index (χ0v) is 17.0. The van der Waals surface area contributed by atoms with Crippen molar-refractivity contribution < 1.29 is 9.53 Å². The second kappa shape index (κ2) is 9.92. The molecular weight excluding hydrogens is 330 g/mol. The number of rotatable bonds is 8. The van der Waals surface area contributed by atoms with Gasteiger partial charge in [0.1, 0.15) is 0 Å². The molecule has 0 unspecified atom stereocenters. The molecule has 1 N–H and O–H groups in total. The third kappa shape index (κ3) is 5.45. The van der Waals surface area contributed by atoms with Crippen LogP contribution in [0, 0.1) is 13.8 Å². The molecule has 26 heavy (non-hydrogen) atoms. The van der Waals surface area contributed by atoms with E-state index < -0.39 is 0 Å². The molecule has 0 aliphatic carbocycles. The van der Waals surface area contributed by atoms with Crippen molar-refractivity contribution in [2.75, 3.05) is 40.4 Å². The van der Waals surface area contributed by atoms with Crippen molar-refractivity contribution in [1.82, 2.24) is 24.9 Å². The van der Waals surface area contributed by atoms with Crippen molar-refractivity contribution in [3.63, 3.8) is 0 Å². The minimum absolute atomic E-state index is 0.0248. The van der Waals surface area contributed by atoms with Crippen LogP contribution in [0.4, 0.5) is 4.79 Å². The molecule has 2 rings (SSSR count). The summed E-state index contributed by atoms with van der Waals surface area (Å²) in [6.07, 6.45) is 4.82. The van der Waals surface area contributed by atoms with Crippen molar-refractivity contribution >= 4 is 6.03 Å². The zero-order valence-electron chi connectivity index (χ0n) is 17.0. The van der Waals surface area contributed by atoms with Crippen LogP contribution in [0.1, 0.15) is 42.6 Å². The second-order valence-corrected chi connectivity index (χ2v) is 7.34. The Bertz CT molecular complexity index is 587. The van der Waals surface area contributed by atoms with Crippen molar-refractivity contribution in [3.05, 3.63) is 17.0 Å². The summed E-state index contributed by atoms with van der Waals surface area (Å²) in [7, 11) is 5.78. The van der Waals surface area contributed by atoms with E-state index in [9.17, 15) is 4.79 Å². The highest BCUT2D eigenvalue weighted by Crippen LogP contribution is 2.17. The SMILES string of the molecule is COCCN(Cc1c(C)nn(C)c1C)C(=O)NCC[C@H]1CCCCN1C. The van der Waals surface area contributed by atoms with Crippen molar-refractivity contribution in [3.8, 4) is 0 Å². The Balaban J connectivity index is 1.91. The van der Waals surface area contributed by atoms with Gasteiger partial charge in [-0.3, -0.25) is 4.68 Å². The lowest BCUT2D eigenvalue weighted by atomic mass is 10.0. The minimum atomic E-state index is -0.0248. The number of amides is 2. The van der Waals surface area contributed by atoms with Crippen molar-refractivity contribution in [1.29, 1.82) is 0 Å². The topological polar surface area (TPSA) is 62.6 Å². The molecule has 1 saturated heterocycles. The number of carbonyl (C=O) groups excluding carboxylic acids is 1. The molecule has 7 heteroatoms. The summed E-state index contributed by atoms with van der Waals surface area (Å²) in [5, 5.41) is 7.56. The molecule has 1 atom stereocenters. The molecule has 0 bridgehead atoms. The molecule has 0 aromatic carbocycles. The molecule has 2 amide bonds. The first-order valence-electron chi connectivity index (χ1n) is 9.65. The Labute approximate surface area is 157 Å². The average molecular weight is 366 g/mol. The summed E-state index contributed by atoms with van der Waals surface area (Å²) >= 11 is 0. The normalized spacial score (nSPS) is 18.1. The van der Waals surface area contributed by atoms with Crippen LogP contribution in [0.2, 0.25) is 0 Å². The summed E-state index contributed by atoms with van der Waals surface area (Å²) in [5.41, 5.74) is 3.19. The number of carbonyl (C=O) groups is 1. The molecule has 1 fully saturated rings. The molecule has 7 nitrogen and oxygen atoms in total. The lowest BCUT2D eigenvalue weighted by molar-refractivity contribution is 0.144. The van der Waals surface area contributed by atoms with Crippen molar-refractivity contribution in [2.24, 2.45) is 7.05 Å². The molecule has 2 heterocycles. The van der Waals surface area contributed by atoms with Gasteiger partial charge in [0.25, 0.3) is 0 Å². The number of hydrogen-bond donors (Lipinski definition) is 1. The summed E-state index contributed by atoms with van der Waals surface area (Å²) in [6.45, 7) is 7.56. The monoisotopic (exact) mass is 365 g/mol. The molecule has 1 aliphatic rings. The highest BCUT2D eigenvalue weighted by Gasteiger charge is 2.21. The van der Waals surface area contributed by atoms with Crippen LogP contribution in [0.5, 0.6) is 0 Å². The lowest BCUT2D eigenvalue weighted by Gasteiger charge is -2.32. The smallest absolute Gasteiger partial charge is 0.317 e. The number of piperidine rings is 1. The van der Waals surface area contributed by atoms with Gasteiger partial charge in [0, 0.05) is 44.5 Å². The molecular formula is C19H35N5O2. The number of likely N-dealkylation sites (tertiary alicyclic amines) is 1. The first-order valence-corrected chi connectivity index (χ1v) is 9.65. The number of nitrogens with one attached hydrogen (secondary N) is 1. The van der Waals surface area contributed by atoms with E-state index in [4.69, 9.17) is 4.74 Å². The van der Waals surface area contributed by atoms with Gasteiger partial charge in [-0.2, -0.15) is 5.10 Å². The first kappa shape index (κ1) is 20.7. The predicted molar refractivity (Wildman–Crippen MR) is 103 cm³/mol. The number of aromatic nitrogens is 2. The molecule has 1 aliphatic heterocycles. The number of hydrogen-bond acceptors (Lipinski definition) is 4. The fraction of sp³-hybridized carbons (Fsp3) is 0.789. The van der Waals surface area contributed by atoms with E-state index in [1.54, 1.807) is 7.11 Å². The van der Waals surface area contributed by atoms with Crippen LogP contribution < -0.4 is 5.32 Å². The van der Waals surface area contributed by atoms with Gasteiger partial charge in [-0.1, -0.05) is 6.42 Å². The van der Waals surface area contributed by atoms with Crippen molar-refractivity contribution in [2.45, 2.75) is 52.1 Å². The number of ether oxygens (including phenoxy) is 1. The Hall–Kier alpha value is -1.60. The zero-order chi connectivity index (χ0) is 19.1. The molecule has 0 spiro atoms. The number of urea groups is 1. The van der Waals surface area contributed by atoms with E-state index in [0.29, 0.717) is 32.3 Å². The summed E-state index contributed by atoms with van der Waals surface area (Å²) in [6, 6.07) is 0.558. The third-order valence-corrected chi connectivity index (χ3v) is 5.54. The predicted octanol–water partition coefficient (Wildman–Crippen LogP) is 2.07. The Kier molecular flexibility index (Phi) is 7.90. The maximum atomic E-state index is 12.7. The van der Waals surface area contributed by atoms with Crippen LogP contribution in [0.3, 0.4) is 0 Å². The second-order valence-electron chi connectivity index (χ2n) is 7.34. The van der Waals surface area contributed by atoms with E-state index in [1.807, 2.05) is 30.5 Å². The van der Waals surface area contributed by atoms with Crippen LogP contribution in [-0.4, -0.2) is 72.1 Å². The minimum Gasteiger partial charge on any atom is -0.383 e. The highest BCUT2D eigenvalue weighted by molar-refractivity contribution is 5.74. The summed E-state index contributed by atoms with van der Waals surface area (Å²) in [5.74, 6) is 0. The van der Waals surface area contributed by atoms with Crippen LogP contribution in [-0.2, 0) is 18.3 Å². The van der Waals surface area contributed by atoms with Crippen LogP contribution in [0.25, 0.3) is 0 Å². The Morgan fingerprint density at radius 3 is 2.73 bits per heavy atom. The highest BCUT2D eigenvalue weighted by atomic mass is 16.5. The maximum absolute atomic E-state index is 12.7. The van der Waals surface area contributed by atoms with Gasteiger partial charge < -0.3 is 19.9 Å². The van der Waals surface area contributed by atoms with E-state index in [0.717, 1.165) is 29.9 Å². The molecule has 0 saturated carbocycles. The van der Waals surface area contributed by atoms with Gasteiger partial charge >= 0.3 is 6.03 Å². The fourth-order valence-corrected chi connectivity index (χ4v) is 3.66. The summed E-state index contributed by atoms with van der Waals surface area (Å²) in [4.78, 5) is 17.0. The largest absolute Gasteiger partial charge is 0.383 e. The van der Waals surface area contributed by atoms with Gasteiger partial charge in [0.2, 0.25) is 0 Å². The fourth-order valence-electron chi connectivity index (χ4n) is 3.66. The Morgan fingerprint density at radius 1 is 1.35 bits per heavy atom. The molecule has 1 aromatic heterocycles. The van der Waals surface area contributed by atoms with E-state index in [-0.39, 0.29) is 6.03 Å². The van der Waals surface area contributed by atoms with Gasteiger partial charge in [-0.15, -0.1) is 0 Å². The van der Waals surface area contributed by atoms with Gasteiger partial charge in [0.15, 0.2) is 0 Å². The quantitative estimate of drug-likeness (QED) is 0.766.